The monoisotopic (exact) mass is 165 g/mol. The van der Waals surface area contributed by atoms with Crippen LogP contribution in [-0.2, 0) is 0 Å². The minimum Gasteiger partial charge on any atom is -0.309 e. The van der Waals surface area contributed by atoms with Crippen LogP contribution in [0.25, 0.3) is 0 Å². The van der Waals surface area contributed by atoms with Crippen LogP contribution in [0, 0.1) is 12.3 Å². The van der Waals surface area contributed by atoms with Crippen molar-refractivity contribution in [3.05, 3.63) is 0 Å². The molecule has 0 heterocycles. The Morgan fingerprint density at radius 2 is 2.09 bits per heavy atom. The van der Waals surface area contributed by atoms with E-state index in [2.05, 4.69) is 11.2 Å². The lowest BCUT2D eigenvalue weighted by Gasteiger charge is -2.17. The van der Waals surface area contributed by atoms with Crippen molar-refractivity contribution < 1.29 is 13.2 Å². The lowest BCUT2D eigenvalue weighted by Crippen LogP contribution is -2.39. The first-order valence-corrected chi connectivity index (χ1v) is 3.19. The molecule has 0 fully saturated rings. The molecule has 4 heteroatoms. The standard InChI is InChI=1S/C7H10F3N/c1-3-4-5-6(11-2)7(8,9)10/h1,6,11H,4-5H2,2H3. The van der Waals surface area contributed by atoms with Crippen molar-refractivity contribution >= 4 is 0 Å². The highest BCUT2D eigenvalue weighted by atomic mass is 19.4. The normalized spacial score (nSPS) is 14.1. The zero-order valence-electron chi connectivity index (χ0n) is 6.20. The molecule has 0 aliphatic heterocycles. The Bertz CT molecular complexity index is 145. The molecule has 0 aromatic heterocycles. The maximum Gasteiger partial charge on any atom is 0.403 e. The summed E-state index contributed by atoms with van der Waals surface area (Å²) in [6, 6.07) is -1.47. The zero-order valence-corrected chi connectivity index (χ0v) is 6.20. The molecule has 0 amide bonds. The molecule has 64 valence electrons. The predicted molar refractivity (Wildman–Crippen MR) is 37.0 cm³/mol. The van der Waals surface area contributed by atoms with Gasteiger partial charge in [-0.25, -0.2) is 0 Å². The van der Waals surface area contributed by atoms with Gasteiger partial charge in [0, 0.05) is 6.42 Å². The molecule has 0 rings (SSSR count). The van der Waals surface area contributed by atoms with Gasteiger partial charge >= 0.3 is 6.18 Å². The third-order valence-corrected chi connectivity index (χ3v) is 1.32. The van der Waals surface area contributed by atoms with E-state index >= 15 is 0 Å². The van der Waals surface area contributed by atoms with Gasteiger partial charge < -0.3 is 5.32 Å². The lowest BCUT2D eigenvalue weighted by atomic mass is 10.1. The first-order chi connectivity index (χ1) is 5.02. The third-order valence-electron chi connectivity index (χ3n) is 1.32. The highest BCUT2D eigenvalue weighted by Crippen LogP contribution is 2.22. The summed E-state index contributed by atoms with van der Waals surface area (Å²) >= 11 is 0. The maximum atomic E-state index is 11.9. The second kappa shape index (κ2) is 4.24. The van der Waals surface area contributed by atoms with E-state index in [4.69, 9.17) is 6.42 Å². The van der Waals surface area contributed by atoms with Gasteiger partial charge in [-0.2, -0.15) is 13.2 Å². The van der Waals surface area contributed by atoms with Gasteiger partial charge in [-0.15, -0.1) is 12.3 Å². The summed E-state index contributed by atoms with van der Waals surface area (Å²) in [5.41, 5.74) is 0. The van der Waals surface area contributed by atoms with Crippen LogP contribution in [0.3, 0.4) is 0 Å². The summed E-state index contributed by atoms with van der Waals surface area (Å²) in [7, 11) is 1.27. The SMILES string of the molecule is C#CCCC(NC)C(F)(F)F. The summed E-state index contributed by atoms with van der Waals surface area (Å²) in [4.78, 5) is 0. The van der Waals surface area contributed by atoms with Crippen LogP contribution in [0.4, 0.5) is 13.2 Å². The molecule has 1 N–H and O–H groups in total. The first-order valence-electron chi connectivity index (χ1n) is 3.19. The van der Waals surface area contributed by atoms with Crippen LogP contribution < -0.4 is 5.32 Å². The van der Waals surface area contributed by atoms with Crippen molar-refractivity contribution in [1.29, 1.82) is 0 Å². The molecule has 0 bridgehead atoms. The van der Waals surface area contributed by atoms with E-state index in [1.165, 1.54) is 7.05 Å². The fourth-order valence-corrected chi connectivity index (χ4v) is 0.699. The second-order valence-electron chi connectivity index (χ2n) is 2.13. The molecule has 1 unspecified atom stereocenters. The van der Waals surface area contributed by atoms with E-state index in [1.54, 1.807) is 0 Å². The molecule has 0 radical (unpaired) electrons. The van der Waals surface area contributed by atoms with E-state index in [-0.39, 0.29) is 12.8 Å². The number of nitrogens with one attached hydrogen (secondary N) is 1. The average Bonchev–Trinajstić information content (AvgIpc) is 1.87. The van der Waals surface area contributed by atoms with E-state index in [0.29, 0.717) is 0 Å². The Balaban J connectivity index is 3.88. The van der Waals surface area contributed by atoms with E-state index < -0.39 is 12.2 Å². The molecule has 1 atom stereocenters. The van der Waals surface area contributed by atoms with Gasteiger partial charge in [0.2, 0.25) is 0 Å². The fourth-order valence-electron chi connectivity index (χ4n) is 0.699. The Labute approximate surface area is 64.0 Å². The number of hydrogen-bond donors (Lipinski definition) is 1. The highest BCUT2D eigenvalue weighted by molar-refractivity contribution is 4.87. The number of terminal acetylenes is 1. The number of alkyl halides is 3. The Morgan fingerprint density at radius 1 is 1.55 bits per heavy atom. The van der Waals surface area contributed by atoms with Crippen molar-refractivity contribution in [2.45, 2.75) is 25.1 Å². The van der Waals surface area contributed by atoms with Gasteiger partial charge in [-0.05, 0) is 13.5 Å². The van der Waals surface area contributed by atoms with Crippen LogP contribution in [0.5, 0.6) is 0 Å². The number of hydrogen-bond acceptors (Lipinski definition) is 1. The number of rotatable bonds is 3. The molecule has 0 aliphatic rings. The summed E-state index contributed by atoms with van der Waals surface area (Å²) in [6.45, 7) is 0. The van der Waals surface area contributed by atoms with Crippen molar-refractivity contribution in [2.24, 2.45) is 0 Å². The zero-order chi connectivity index (χ0) is 8.91. The molecule has 0 aromatic rings. The largest absolute Gasteiger partial charge is 0.403 e. The minimum atomic E-state index is -4.19. The lowest BCUT2D eigenvalue weighted by molar-refractivity contribution is -0.155. The molecule has 0 saturated carbocycles. The molecule has 0 saturated heterocycles. The van der Waals surface area contributed by atoms with E-state index in [1.807, 2.05) is 0 Å². The van der Waals surface area contributed by atoms with Crippen molar-refractivity contribution in [1.82, 2.24) is 5.32 Å². The summed E-state index contributed by atoms with van der Waals surface area (Å²) in [6.07, 6.45) is 0.726. The van der Waals surface area contributed by atoms with Crippen LogP contribution in [-0.4, -0.2) is 19.3 Å². The number of halogens is 3. The third kappa shape index (κ3) is 3.89. The van der Waals surface area contributed by atoms with Gasteiger partial charge in [-0.3, -0.25) is 0 Å². The quantitative estimate of drug-likeness (QED) is 0.625. The van der Waals surface area contributed by atoms with Crippen LogP contribution >= 0.6 is 0 Å². The van der Waals surface area contributed by atoms with Crippen molar-refractivity contribution in [3.8, 4) is 12.3 Å². The minimum absolute atomic E-state index is 0.0590. The summed E-state index contributed by atoms with van der Waals surface area (Å²) in [5, 5.41) is 2.16. The molecule has 0 aliphatic carbocycles. The molecule has 11 heavy (non-hydrogen) atoms. The van der Waals surface area contributed by atoms with Crippen LogP contribution in [0.1, 0.15) is 12.8 Å². The van der Waals surface area contributed by atoms with E-state index in [0.717, 1.165) is 0 Å². The topological polar surface area (TPSA) is 12.0 Å². The predicted octanol–water partition coefficient (Wildman–Crippen LogP) is 1.55. The van der Waals surface area contributed by atoms with Crippen LogP contribution in [0.15, 0.2) is 0 Å². The molecular formula is C7H10F3N. The molecule has 1 nitrogen and oxygen atoms in total. The highest BCUT2D eigenvalue weighted by Gasteiger charge is 2.37. The smallest absolute Gasteiger partial charge is 0.309 e. The summed E-state index contributed by atoms with van der Waals surface area (Å²) in [5.74, 6) is 2.16. The summed E-state index contributed by atoms with van der Waals surface area (Å²) < 4.78 is 35.7. The Morgan fingerprint density at radius 3 is 2.36 bits per heavy atom. The molecule has 0 spiro atoms. The van der Waals surface area contributed by atoms with Gasteiger partial charge in [0.25, 0.3) is 0 Å². The average molecular weight is 165 g/mol. The van der Waals surface area contributed by atoms with Gasteiger partial charge in [0.1, 0.15) is 6.04 Å². The maximum absolute atomic E-state index is 11.9. The molecular weight excluding hydrogens is 155 g/mol. The Kier molecular flexibility index (Phi) is 3.98. The molecule has 0 aromatic carbocycles. The first kappa shape index (κ1) is 10.3. The Hall–Kier alpha value is -0.690. The van der Waals surface area contributed by atoms with E-state index in [9.17, 15) is 13.2 Å². The van der Waals surface area contributed by atoms with Crippen LogP contribution in [0.2, 0.25) is 0 Å². The van der Waals surface area contributed by atoms with Gasteiger partial charge in [0.15, 0.2) is 0 Å². The fraction of sp³-hybridized carbons (Fsp3) is 0.714. The van der Waals surface area contributed by atoms with Crippen molar-refractivity contribution in [3.63, 3.8) is 0 Å². The second-order valence-corrected chi connectivity index (χ2v) is 2.13. The van der Waals surface area contributed by atoms with Crippen molar-refractivity contribution in [2.75, 3.05) is 7.05 Å². The van der Waals surface area contributed by atoms with Gasteiger partial charge in [-0.1, -0.05) is 0 Å². The van der Waals surface area contributed by atoms with Gasteiger partial charge in [0.05, 0.1) is 0 Å².